The number of thiazole rings is 1. The number of aromatic nitrogens is 1. The monoisotopic (exact) mass is 337 g/mol. The second-order valence-electron chi connectivity index (χ2n) is 6.74. The molecule has 4 rings (SSSR count). The number of hydroxylamine groups is 2. The van der Waals surface area contributed by atoms with Crippen molar-refractivity contribution in [3.05, 3.63) is 16.1 Å². The van der Waals surface area contributed by atoms with Crippen LogP contribution in [0.1, 0.15) is 23.4 Å². The lowest BCUT2D eigenvalue weighted by Gasteiger charge is -2.21. The smallest absolute Gasteiger partial charge is 0.246 e. The first-order valence-electron chi connectivity index (χ1n) is 8.37. The van der Waals surface area contributed by atoms with Crippen molar-refractivity contribution in [3.63, 3.8) is 0 Å². The van der Waals surface area contributed by atoms with E-state index in [2.05, 4.69) is 16.8 Å². The van der Waals surface area contributed by atoms with E-state index in [-0.39, 0.29) is 12.0 Å². The molecule has 126 valence electrons. The second-order valence-corrected chi connectivity index (χ2v) is 7.68. The zero-order valence-corrected chi connectivity index (χ0v) is 14.3. The van der Waals surface area contributed by atoms with Gasteiger partial charge in [-0.05, 0) is 19.3 Å². The summed E-state index contributed by atoms with van der Waals surface area (Å²) >= 11 is 1.72. The van der Waals surface area contributed by atoms with Crippen LogP contribution in [0.2, 0.25) is 0 Å². The van der Waals surface area contributed by atoms with E-state index in [0.717, 1.165) is 38.3 Å². The fourth-order valence-electron chi connectivity index (χ4n) is 3.87. The van der Waals surface area contributed by atoms with Crippen molar-refractivity contribution >= 4 is 17.2 Å². The van der Waals surface area contributed by atoms with Gasteiger partial charge in [0.05, 0.1) is 37.1 Å². The van der Waals surface area contributed by atoms with Crippen LogP contribution in [0.3, 0.4) is 0 Å². The first-order valence-corrected chi connectivity index (χ1v) is 9.25. The predicted octanol–water partition coefficient (Wildman–Crippen LogP) is 1.45. The van der Waals surface area contributed by atoms with Gasteiger partial charge >= 0.3 is 0 Å². The Bertz CT molecular complexity index is 573. The van der Waals surface area contributed by atoms with Gasteiger partial charge in [-0.3, -0.25) is 14.5 Å². The third-order valence-electron chi connectivity index (χ3n) is 5.19. The maximum Gasteiger partial charge on any atom is 0.246 e. The molecule has 3 fully saturated rings. The third-order valence-corrected chi connectivity index (χ3v) is 6.11. The first kappa shape index (κ1) is 15.5. The first-order chi connectivity index (χ1) is 11.2. The molecule has 3 saturated heterocycles. The van der Waals surface area contributed by atoms with Gasteiger partial charge < -0.3 is 4.74 Å². The van der Waals surface area contributed by atoms with E-state index < -0.39 is 0 Å². The average Bonchev–Trinajstić information content (AvgIpc) is 3.27. The Kier molecular flexibility index (Phi) is 4.36. The minimum atomic E-state index is 0.119. The summed E-state index contributed by atoms with van der Waals surface area (Å²) in [5.74, 6) is 0.910. The Balaban J connectivity index is 1.34. The number of likely N-dealkylation sites (tertiary alicyclic amines) is 1. The summed E-state index contributed by atoms with van der Waals surface area (Å²) in [7, 11) is 0. The van der Waals surface area contributed by atoms with Crippen molar-refractivity contribution < 1.29 is 14.4 Å². The lowest BCUT2D eigenvalue weighted by Crippen LogP contribution is -2.31. The van der Waals surface area contributed by atoms with Gasteiger partial charge in [0.15, 0.2) is 0 Å². The largest absolute Gasteiger partial charge is 0.376 e. The van der Waals surface area contributed by atoms with Gasteiger partial charge in [-0.2, -0.15) is 0 Å². The lowest BCUT2D eigenvalue weighted by molar-refractivity contribution is -0.170. The molecule has 0 aromatic carbocycles. The minimum Gasteiger partial charge on any atom is -0.376 e. The lowest BCUT2D eigenvalue weighted by atomic mass is 9.90. The van der Waals surface area contributed by atoms with E-state index in [4.69, 9.17) is 9.57 Å². The Hall–Kier alpha value is -1.02. The molecule has 0 unspecified atom stereocenters. The Morgan fingerprint density at radius 2 is 2.39 bits per heavy atom. The van der Waals surface area contributed by atoms with Crippen LogP contribution in [-0.4, -0.2) is 59.8 Å². The number of aryl methyl sites for hydroxylation is 1. The van der Waals surface area contributed by atoms with Crippen LogP contribution in [0.15, 0.2) is 5.51 Å². The molecular weight excluding hydrogens is 314 g/mol. The molecular formula is C16H23N3O3S. The molecule has 6 nitrogen and oxygen atoms in total. The summed E-state index contributed by atoms with van der Waals surface area (Å²) in [5, 5.41) is 1.54. The normalized spacial score (nSPS) is 31.0. The molecule has 0 bridgehead atoms. The number of carbonyl (C=O) groups excluding carboxylic acids is 1. The van der Waals surface area contributed by atoms with Gasteiger partial charge in [-0.1, -0.05) is 0 Å². The van der Waals surface area contributed by atoms with Crippen molar-refractivity contribution in [1.29, 1.82) is 0 Å². The zero-order chi connectivity index (χ0) is 15.8. The average molecular weight is 337 g/mol. The summed E-state index contributed by atoms with van der Waals surface area (Å²) in [5.41, 5.74) is 3.04. The van der Waals surface area contributed by atoms with Gasteiger partial charge in [-0.25, -0.2) is 10.0 Å². The Morgan fingerprint density at radius 1 is 1.48 bits per heavy atom. The molecule has 0 radical (unpaired) electrons. The van der Waals surface area contributed by atoms with Crippen LogP contribution in [0.25, 0.3) is 0 Å². The molecule has 3 aliphatic rings. The topological polar surface area (TPSA) is 54.9 Å². The highest BCUT2D eigenvalue weighted by molar-refractivity contribution is 7.09. The quantitative estimate of drug-likeness (QED) is 0.832. The van der Waals surface area contributed by atoms with Crippen LogP contribution in [0.4, 0.5) is 0 Å². The van der Waals surface area contributed by atoms with Crippen molar-refractivity contribution in [2.45, 2.75) is 32.4 Å². The summed E-state index contributed by atoms with van der Waals surface area (Å²) in [4.78, 5) is 25.8. The minimum absolute atomic E-state index is 0.119. The summed E-state index contributed by atoms with van der Waals surface area (Å²) in [6, 6.07) is 0. The SMILES string of the molecule is Cc1ncsc1CN1C[C@@H]2[C@H](CC(=O)N3CCCO3)CO[C@@H]2C1. The van der Waals surface area contributed by atoms with Crippen LogP contribution in [0, 0.1) is 18.8 Å². The number of fused-ring (bicyclic) bond motifs is 1. The number of nitrogens with zero attached hydrogens (tertiary/aromatic N) is 3. The summed E-state index contributed by atoms with van der Waals surface area (Å²) < 4.78 is 5.97. The number of amides is 1. The van der Waals surface area contributed by atoms with Crippen molar-refractivity contribution in [2.24, 2.45) is 11.8 Å². The fourth-order valence-corrected chi connectivity index (χ4v) is 4.69. The van der Waals surface area contributed by atoms with E-state index in [1.165, 1.54) is 4.88 Å². The molecule has 7 heteroatoms. The van der Waals surface area contributed by atoms with E-state index >= 15 is 0 Å². The van der Waals surface area contributed by atoms with Gasteiger partial charge in [0.1, 0.15) is 0 Å². The molecule has 0 N–H and O–H groups in total. The van der Waals surface area contributed by atoms with E-state index in [1.54, 1.807) is 16.4 Å². The van der Waals surface area contributed by atoms with Gasteiger partial charge in [0.2, 0.25) is 5.91 Å². The standard InChI is InChI=1S/C16H23N3O3S/c1-11-15(23-10-17-11)8-18-6-13-12(9-21-14(13)7-18)5-16(20)19-3-2-4-22-19/h10,12-14H,2-9H2,1H3/t12-,13-,14-/m1/s1. The molecule has 1 aromatic rings. The molecule has 4 heterocycles. The predicted molar refractivity (Wildman–Crippen MR) is 85.7 cm³/mol. The molecule has 3 atom stereocenters. The molecule has 3 aliphatic heterocycles. The number of hydrogen-bond donors (Lipinski definition) is 0. The number of carbonyl (C=O) groups is 1. The third kappa shape index (κ3) is 3.15. The van der Waals surface area contributed by atoms with Crippen LogP contribution < -0.4 is 0 Å². The highest BCUT2D eigenvalue weighted by Gasteiger charge is 2.44. The molecule has 0 spiro atoms. The summed E-state index contributed by atoms with van der Waals surface area (Å²) in [6.07, 6.45) is 1.77. The molecule has 23 heavy (non-hydrogen) atoms. The summed E-state index contributed by atoms with van der Waals surface area (Å²) in [6.45, 7) is 7.10. The Morgan fingerprint density at radius 3 is 3.13 bits per heavy atom. The fraction of sp³-hybridized carbons (Fsp3) is 0.750. The maximum absolute atomic E-state index is 12.3. The number of hydrogen-bond acceptors (Lipinski definition) is 6. The molecule has 0 aliphatic carbocycles. The van der Waals surface area contributed by atoms with Gasteiger partial charge in [-0.15, -0.1) is 11.3 Å². The maximum atomic E-state index is 12.3. The second kappa shape index (κ2) is 6.47. The van der Waals surface area contributed by atoms with E-state index in [1.807, 2.05) is 5.51 Å². The van der Waals surface area contributed by atoms with E-state index in [0.29, 0.717) is 31.5 Å². The van der Waals surface area contributed by atoms with Gasteiger partial charge in [0.25, 0.3) is 0 Å². The van der Waals surface area contributed by atoms with Crippen LogP contribution >= 0.6 is 11.3 Å². The van der Waals surface area contributed by atoms with E-state index in [9.17, 15) is 4.79 Å². The van der Waals surface area contributed by atoms with Crippen LogP contribution in [-0.2, 0) is 20.9 Å². The highest BCUT2D eigenvalue weighted by Crippen LogP contribution is 2.36. The van der Waals surface area contributed by atoms with Crippen molar-refractivity contribution in [2.75, 3.05) is 32.8 Å². The number of rotatable bonds is 4. The number of ether oxygens (including phenoxy) is 1. The van der Waals surface area contributed by atoms with Crippen LogP contribution in [0.5, 0.6) is 0 Å². The zero-order valence-electron chi connectivity index (χ0n) is 13.4. The molecule has 0 saturated carbocycles. The van der Waals surface area contributed by atoms with Crippen molar-refractivity contribution in [3.8, 4) is 0 Å². The van der Waals surface area contributed by atoms with Gasteiger partial charge in [0, 0.05) is 36.9 Å². The molecule has 1 aromatic heterocycles. The Labute approximate surface area is 140 Å². The molecule has 1 amide bonds. The van der Waals surface area contributed by atoms with Crippen molar-refractivity contribution in [1.82, 2.24) is 14.9 Å². The highest BCUT2D eigenvalue weighted by atomic mass is 32.1.